The van der Waals surface area contributed by atoms with Crippen molar-refractivity contribution in [1.29, 1.82) is 0 Å². The number of anilines is 1. The van der Waals surface area contributed by atoms with Crippen LogP contribution in [0.1, 0.15) is 40.0 Å². The molecular weight excluding hydrogens is 390 g/mol. The second-order valence-electron chi connectivity index (χ2n) is 7.12. The summed E-state index contributed by atoms with van der Waals surface area (Å²) in [6.45, 7) is 3.65. The first-order valence-corrected chi connectivity index (χ1v) is 9.99. The average Bonchev–Trinajstić information content (AvgIpc) is 2.79. The Morgan fingerprint density at radius 1 is 0.968 bits per heavy atom. The second kappa shape index (κ2) is 10.7. The van der Waals surface area contributed by atoms with Crippen molar-refractivity contribution in [3.8, 4) is 0 Å². The summed E-state index contributed by atoms with van der Waals surface area (Å²) in [6.07, 6.45) is 1.54. The Morgan fingerprint density at radius 3 is 2.39 bits per heavy atom. The number of para-hydroxylation sites is 1. The van der Waals surface area contributed by atoms with Gasteiger partial charge in [0, 0.05) is 0 Å². The topological polar surface area (TPSA) is 79.8 Å². The first-order valence-electron chi connectivity index (χ1n) is 9.99. The number of nitrogens with zero attached hydrogens (tertiary/aromatic N) is 1. The zero-order valence-electron chi connectivity index (χ0n) is 17.5. The van der Waals surface area contributed by atoms with E-state index >= 15 is 0 Å². The number of nitrogens with one attached hydrogen (secondary N) is 2. The zero-order valence-corrected chi connectivity index (χ0v) is 17.5. The molecular formula is C25H25N3O3. The molecule has 0 unspecified atom stereocenters. The van der Waals surface area contributed by atoms with Gasteiger partial charge in [-0.25, -0.2) is 0 Å². The van der Waals surface area contributed by atoms with Crippen molar-refractivity contribution in [2.75, 3.05) is 11.9 Å². The van der Waals surface area contributed by atoms with E-state index in [4.69, 9.17) is 4.84 Å². The molecule has 0 radical (unpaired) electrons. The van der Waals surface area contributed by atoms with Crippen molar-refractivity contribution >= 4 is 23.7 Å². The van der Waals surface area contributed by atoms with Gasteiger partial charge in [0.25, 0.3) is 11.8 Å². The van der Waals surface area contributed by atoms with Gasteiger partial charge in [0.2, 0.25) is 0 Å². The van der Waals surface area contributed by atoms with E-state index in [1.54, 1.807) is 30.5 Å². The molecule has 31 heavy (non-hydrogen) atoms. The molecule has 0 aromatic heterocycles. The van der Waals surface area contributed by atoms with Gasteiger partial charge >= 0.3 is 0 Å². The first kappa shape index (κ1) is 21.8. The lowest BCUT2D eigenvalue weighted by Crippen LogP contribution is -2.28. The van der Waals surface area contributed by atoms with Gasteiger partial charge in [0.1, 0.15) is 0 Å². The fourth-order valence-corrected chi connectivity index (χ4v) is 2.92. The maximum atomic E-state index is 12.8. The summed E-state index contributed by atoms with van der Waals surface area (Å²) in [5, 5.41) is 9.49. The van der Waals surface area contributed by atoms with Crippen LogP contribution in [0.5, 0.6) is 0 Å². The zero-order chi connectivity index (χ0) is 22.1. The Bertz CT molecular complexity index is 1050. The van der Waals surface area contributed by atoms with Gasteiger partial charge in [0.05, 0.1) is 23.5 Å². The van der Waals surface area contributed by atoms with Gasteiger partial charge in [0.15, 0.2) is 6.61 Å². The molecule has 3 aromatic carbocycles. The highest BCUT2D eigenvalue weighted by Gasteiger charge is 2.16. The maximum absolute atomic E-state index is 12.8. The minimum Gasteiger partial charge on any atom is -0.386 e. The van der Waals surface area contributed by atoms with Crippen LogP contribution in [0.4, 0.5) is 5.69 Å². The number of hydrogen-bond donors (Lipinski definition) is 2. The number of amides is 2. The fraction of sp³-hybridized carbons (Fsp3) is 0.160. The van der Waals surface area contributed by atoms with E-state index in [2.05, 4.69) is 15.8 Å². The summed E-state index contributed by atoms with van der Waals surface area (Å²) in [5.74, 6) is -0.678. The Kier molecular flexibility index (Phi) is 7.54. The summed E-state index contributed by atoms with van der Waals surface area (Å²) < 4.78 is 0. The van der Waals surface area contributed by atoms with E-state index in [1.165, 1.54) is 0 Å². The lowest BCUT2D eigenvalue weighted by molar-refractivity contribution is -0.120. The molecule has 0 aliphatic rings. The van der Waals surface area contributed by atoms with Crippen LogP contribution >= 0.6 is 0 Å². The normalized spacial score (nSPS) is 11.7. The summed E-state index contributed by atoms with van der Waals surface area (Å²) in [5.41, 5.74) is 3.81. The van der Waals surface area contributed by atoms with Crippen LogP contribution in [0.2, 0.25) is 0 Å². The number of carbonyl (C=O) groups excluding carboxylic acids is 2. The predicted octanol–water partition coefficient (Wildman–Crippen LogP) is 4.48. The SMILES string of the molecule is Cc1ccc(/C=N\OCC(=O)Nc2ccccc2C(=O)N[C@H](C)c2ccccc2)cc1. The highest BCUT2D eigenvalue weighted by Crippen LogP contribution is 2.18. The fourth-order valence-electron chi connectivity index (χ4n) is 2.92. The van der Waals surface area contributed by atoms with Crippen molar-refractivity contribution in [3.63, 3.8) is 0 Å². The predicted molar refractivity (Wildman–Crippen MR) is 122 cm³/mol. The quantitative estimate of drug-likeness (QED) is 0.421. The van der Waals surface area contributed by atoms with Crippen LogP contribution in [-0.4, -0.2) is 24.6 Å². The Morgan fingerprint density at radius 2 is 1.65 bits per heavy atom. The number of carbonyl (C=O) groups is 2. The highest BCUT2D eigenvalue weighted by molar-refractivity contribution is 6.04. The number of aryl methyl sites for hydroxylation is 1. The van der Waals surface area contributed by atoms with E-state index in [-0.39, 0.29) is 18.6 Å². The van der Waals surface area contributed by atoms with Crippen LogP contribution in [0.15, 0.2) is 84.0 Å². The monoisotopic (exact) mass is 415 g/mol. The van der Waals surface area contributed by atoms with Crippen molar-refractivity contribution < 1.29 is 14.4 Å². The standard InChI is InChI=1S/C25H25N3O3/c1-18-12-14-20(15-13-18)16-26-31-17-24(29)28-23-11-7-6-10-22(23)25(30)27-19(2)21-8-4-3-5-9-21/h3-16,19H,17H2,1-2H3,(H,27,30)(H,28,29)/b26-16-/t19-/m1/s1. The van der Waals surface area contributed by atoms with Gasteiger partial charge in [-0.15, -0.1) is 0 Å². The number of rotatable bonds is 8. The summed E-state index contributed by atoms with van der Waals surface area (Å²) in [7, 11) is 0. The van der Waals surface area contributed by atoms with Crippen molar-refractivity contribution in [2.45, 2.75) is 19.9 Å². The molecule has 0 aliphatic carbocycles. The van der Waals surface area contributed by atoms with Gasteiger partial charge in [-0.3, -0.25) is 9.59 Å². The van der Waals surface area contributed by atoms with E-state index in [0.717, 1.165) is 16.7 Å². The average molecular weight is 415 g/mol. The summed E-state index contributed by atoms with van der Waals surface area (Å²) in [6, 6.07) is 24.1. The molecule has 1 atom stereocenters. The molecule has 2 N–H and O–H groups in total. The molecule has 0 spiro atoms. The lowest BCUT2D eigenvalue weighted by atomic mass is 10.1. The van der Waals surface area contributed by atoms with E-state index in [0.29, 0.717) is 11.3 Å². The summed E-state index contributed by atoms with van der Waals surface area (Å²) in [4.78, 5) is 30.1. The van der Waals surface area contributed by atoms with Gasteiger partial charge in [-0.2, -0.15) is 0 Å². The molecule has 0 heterocycles. The van der Waals surface area contributed by atoms with Crippen LogP contribution in [-0.2, 0) is 9.63 Å². The van der Waals surface area contributed by atoms with Crippen molar-refractivity contribution in [2.24, 2.45) is 5.16 Å². The Balaban J connectivity index is 1.56. The largest absolute Gasteiger partial charge is 0.386 e. The molecule has 158 valence electrons. The highest BCUT2D eigenvalue weighted by atomic mass is 16.6. The molecule has 0 saturated heterocycles. The van der Waals surface area contributed by atoms with E-state index < -0.39 is 5.91 Å². The first-order chi connectivity index (χ1) is 15.0. The molecule has 3 aromatic rings. The van der Waals surface area contributed by atoms with Gasteiger partial charge in [-0.05, 0) is 37.1 Å². The minimum atomic E-state index is -0.405. The van der Waals surface area contributed by atoms with Crippen LogP contribution in [0.3, 0.4) is 0 Å². The van der Waals surface area contributed by atoms with Gasteiger partial charge in [-0.1, -0.05) is 77.4 Å². The molecule has 0 bridgehead atoms. The van der Waals surface area contributed by atoms with Crippen molar-refractivity contribution in [3.05, 3.63) is 101 Å². The Labute approximate surface area is 181 Å². The van der Waals surface area contributed by atoms with Crippen molar-refractivity contribution in [1.82, 2.24) is 5.32 Å². The van der Waals surface area contributed by atoms with E-state index in [1.807, 2.05) is 68.4 Å². The number of hydrogen-bond acceptors (Lipinski definition) is 4. The van der Waals surface area contributed by atoms with Crippen LogP contribution < -0.4 is 10.6 Å². The number of benzene rings is 3. The summed E-state index contributed by atoms with van der Waals surface area (Å²) >= 11 is 0. The van der Waals surface area contributed by atoms with Crippen LogP contribution in [0, 0.1) is 6.92 Å². The molecule has 0 saturated carbocycles. The lowest BCUT2D eigenvalue weighted by Gasteiger charge is -2.16. The smallest absolute Gasteiger partial charge is 0.265 e. The third kappa shape index (κ3) is 6.54. The molecule has 2 amide bonds. The van der Waals surface area contributed by atoms with Gasteiger partial charge < -0.3 is 15.5 Å². The molecule has 0 fully saturated rings. The second-order valence-corrected chi connectivity index (χ2v) is 7.12. The third-order valence-electron chi connectivity index (χ3n) is 4.64. The molecule has 0 aliphatic heterocycles. The molecule has 6 heteroatoms. The number of oxime groups is 1. The van der Waals surface area contributed by atoms with Crippen LogP contribution in [0.25, 0.3) is 0 Å². The minimum absolute atomic E-state index is 0.170. The maximum Gasteiger partial charge on any atom is 0.265 e. The Hall–Kier alpha value is -3.93. The molecule has 3 rings (SSSR count). The third-order valence-corrected chi connectivity index (χ3v) is 4.64. The van der Waals surface area contributed by atoms with E-state index in [9.17, 15) is 9.59 Å². The molecule has 6 nitrogen and oxygen atoms in total.